The quantitative estimate of drug-likeness (QED) is 0.506. The maximum Gasteiger partial charge on any atom is 0.328 e. The van der Waals surface area contributed by atoms with Gasteiger partial charge in [0.15, 0.2) is 0 Å². The van der Waals surface area contributed by atoms with Gasteiger partial charge in [0.05, 0.1) is 0 Å². The SMILES string of the molecule is CCCCCCNC(=O)Nc1ccc(C=CC(=O)O)cc1. The number of carboxylic acids is 1. The van der Waals surface area contributed by atoms with Crippen molar-refractivity contribution >= 4 is 23.8 Å². The van der Waals surface area contributed by atoms with Crippen molar-refractivity contribution in [2.75, 3.05) is 11.9 Å². The van der Waals surface area contributed by atoms with Gasteiger partial charge < -0.3 is 15.7 Å². The summed E-state index contributed by atoms with van der Waals surface area (Å²) >= 11 is 0. The fourth-order valence-corrected chi connectivity index (χ4v) is 1.77. The van der Waals surface area contributed by atoms with E-state index in [1.807, 2.05) is 0 Å². The lowest BCUT2D eigenvalue weighted by Crippen LogP contribution is -2.29. The maximum atomic E-state index is 11.6. The molecule has 0 aliphatic heterocycles. The van der Waals surface area contributed by atoms with E-state index in [9.17, 15) is 9.59 Å². The predicted molar refractivity (Wildman–Crippen MR) is 84.3 cm³/mol. The maximum absolute atomic E-state index is 11.6. The molecule has 1 aromatic rings. The normalized spacial score (nSPS) is 10.5. The summed E-state index contributed by atoms with van der Waals surface area (Å²) in [5.41, 5.74) is 1.44. The number of rotatable bonds is 8. The summed E-state index contributed by atoms with van der Waals surface area (Å²) in [6, 6.07) is 6.74. The third kappa shape index (κ3) is 7.77. The van der Waals surface area contributed by atoms with E-state index in [2.05, 4.69) is 17.6 Å². The van der Waals surface area contributed by atoms with Crippen LogP contribution in [0.25, 0.3) is 6.08 Å². The summed E-state index contributed by atoms with van der Waals surface area (Å²) < 4.78 is 0. The first-order valence-corrected chi connectivity index (χ1v) is 7.17. The molecule has 0 saturated carbocycles. The zero-order valence-corrected chi connectivity index (χ0v) is 12.3. The van der Waals surface area contributed by atoms with Crippen molar-refractivity contribution in [3.63, 3.8) is 0 Å². The highest BCUT2D eigenvalue weighted by atomic mass is 16.4. The minimum Gasteiger partial charge on any atom is -0.478 e. The summed E-state index contributed by atoms with van der Waals surface area (Å²) in [6.45, 7) is 2.82. The Balaban J connectivity index is 2.34. The number of carboxylic acid groups (broad SMARTS) is 1. The molecule has 21 heavy (non-hydrogen) atoms. The molecular formula is C16H22N2O3. The molecular weight excluding hydrogens is 268 g/mol. The van der Waals surface area contributed by atoms with E-state index < -0.39 is 5.97 Å². The van der Waals surface area contributed by atoms with Gasteiger partial charge in [0.1, 0.15) is 0 Å². The number of hydrogen-bond donors (Lipinski definition) is 3. The Morgan fingerprint density at radius 1 is 1.14 bits per heavy atom. The number of carbonyl (C=O) groups excluding carboxylic acids is 1. The lowest BCUT2D eigenvalue weighted by molar-refractivity contribution is -0.131. The molecule has 0 aromatic heterocycles. The topological polar surface area (TPSA) is 78.4 Å². The van der Waals surface area contributed by atoms with E-state index in [1.165, 1.54) is 18.9 Å². The van der Waals surface area contributed by atoms with E-state index in [4.69, 9.17) is 5.11 Å². The number of urea groups is 1. The van der Waals surface area contributed by atoms with Gasteiger partial charge in [-0.25, -0.2) is 9.59 Å². The fourth-order valence-electron chi connectivity index (χ4n) is 1.77. The number of carbonyl (C=O) groups is 2. The number of aliphatic carboxylic acids is 1. The van der Waals surface area contributed by atoms with Crippen LogP contribution in [-0.4, -0.2) is 23.7 Å². The molecule has 1 rings (SSSR count). The standard InChI is InChI=1S/C16H22N2O3/c1-2-3-4-5-12-17-16(21)18-14-9-6-13(7-10-14)8-11-15(19)20/h6-11H,2-5,12H2,1H3,(H,19,20)(H2,17,18,21). The van der Waals surface area contributed by atoms with Crippen LogP contribution < -0.4 is 10.6 Å². The van der Waals surface area contributed by atoms with Crippen LogP contribution in [0.3, 0.4) is 0 Å². The second kappa shape index (κ2) is 9.58. The first-order chi connectivity index (χ1) is 10.1. The van der Waals surface area contributed by atoms with Gasteiger partial charge in [-0.2, -0.15) is 0 Å². The molecule has 0 atom stereocenters. The Morgan fingerprint density at radius 2 is 1.86 bits per heavy atom. The van der Waals surface area contributed by atoms with Crippen LogP contribution in [0, 0.1) is 0 Å². The number of amides is 2. The number of unbranched alkanes of at least 4 members (excludes halogenated alkanes) is 3. The Labute approximate surface area is 125 Å². The number of nitrogens with one attached hydrogen (secondary N) is 2. The third-order valence-electron chi connectivity index (χ3n) is 2.90. The Bertz CT molecular complexity index is 481. The number of anilines is 1. The van der Waals surface area contributed by atoms with Crippen LogP contribution in [0.5, 0.6) is 0 Å². The molecule has 0 unspecified atom stereocenters. The van der Waals surface area contributed by atoms with E-state index in [0.717, 1.165) is 24.5 Å². The van der Waals surface area contributed by atoms with E-state index in [-0.39, 0.29) is 6.03 Å². The molecule has 114 valence electrons. The zero-order chi connectivity index (χ0) is 15.5. The molecule has 0 bridgehead atoms. The molecule has 0 saturated heterocycles. The van der Waals surface area contributed by atoms with Crippen LogP contribution >= 0.6 is 0 Å². The first kappa shape index (κ1) is 16.8. The molecule has 0 aliphatic rings. The van der Waals surface area contributed by atoms with Gasteiger partial charge in [-0.1, -0.05) is 38.3 Å². The number of benzene rings is 1. The molecule has 0 radical (unpaired) electrons. The minimum absolute atomic E-state index is 0.222. The van der Waals surface area contributed by atoms with Crippen molar-refractivity contribution < 1.29 is 14.7 Å². The van der Waals surface area contributed by atoms with Crippen molar-refractivity contribution in [2.45, 2.75) is 32.6 Å². The molecule has 3 N–H and O–H groups in total. The van der Waals surface area contributed by atoms with Crippen LogP contribution in [-0.2, 0) is 4.79 Å². The Hall–Kier alpha value is -2.30. The van der Waals surface area contributed by atoms with Crippen LogP contribution in [0.2, 0.25) is 0 Å². The van der Waals surface area contributed by atoms with Crippen LogP contribution in [0.15, 0.2) is 30.3 Å². The molecule has 0 heterocycles. The van der Waals surface area contributed by atoms with E-state index >= 15 is 0 Å². The van der Waals surface area contributed by atoms with Gasteiger partial charge >= 0.3 is 12.0 Å². The highest BCUT2D eigenvalue weighted by Crippen LogP contribution is 2.10. The summed E-state index contributed by atoms with van der Waals surface area (Å²) in [5.74, 6) is -0.986. The smallest absolute Gasteiger partial charge is 0.328 e. The van der Waals surface area contributed by atoms with Crippen LogP contribution in [0.4, 0.5) is 10.5 Å². The Kier molecular flexibility index (Phi) is 7.64. The van der Waals surface area contributed by atoms with E-state index in [1.54, 1.807) is 24.3 Å². The molecule has 5 heteroatoms. The molecule has 2 amide bonds. The zero-order valence-electron chi connectivity index (χ0n) is 12.3. The largest absolute Gasteiger partial charge is 0.478 e. The van der Waals surface area contributed by atoms with Gasteiger partial charge in [0.25, 0.3) is 0 Å². The minimum atomic E-state index is -0.986. The average Bonchev–Trinajstić information content (AvgIpc) is 2.46. The molecule has 0 aliphatic carbocycles. The second-order valence-corrected chi connectivity index (χ2v) is 4.74. The van der Waals surface area contributed by atoms with Crippen molar-refractivity contribution in [3.05, 3.63) is 35.9 Å². The lowest BCUT2D eigenvalue weighted by Gasteiger charge is -2.07. The van der Waals surface area contributed by atoms with Crippen molar-refractivity contribution in [2.24, 2.45) is 0 Å². The monoisotopic (exact) mass is 290 g/mol. The average molecular weight is 290 g/mol. The summed E-state index contributed by atoms with van der Waals surface area (Å²) in [4.78, 5) is 22.0. The fraction of sp³-hybridized carbons (Fsp3) is 0.375. The predicted octanol–water partition coefficient (Wildman–Crippen LogP) is 3.49. The third-order valence-corrected chi connectivity index (χ3v) is 2.90. The Morgan fingerprint density at radius 3 is 2.48 bits per heavy atom. The van der Waals surface area contributed by atoms with Gasteiger partial charge in [0, 0.05) is 18.3 Å². The van der Waals surface area contributed by atoms with Gasteiger partial charge in [-0.3, -0.25) is 0 Å². The molecule has 5 nitrogen and oxygen atoms in total. The second-order valence-electron chi connectivity index (χ2n) is 4.74. The number of hydrogen-bond acceptors (Lipinski definition) is 2. The van der Waals surface area contributed by atoms with Gasteiger partial charge in [-0.15, -0.1) is 0 Å². The summed E-state index contributed by atoms with van der Waals surface area (Å²) in [6.07, 6.45) is 7.05. The van der Waals surface area contributed by atoms with Gasteiger partial charge in [0.2, 0.25) is 0 Å². The van der Waals surface area contributed by atoms with Crippen LogP contribution in [0.1, 0.15) is 38.2 Å². The highest BCUT2D eigenvalue weighted by molar-refractivity contribution is 5.89. The lowest BCUT2D eigenvalue weighted by atomic mass is 10.2. The highest BCUT2D eigenvalue weighted by Gasteiger charge is 2.00. The van der Waals surface area contributed by atoms with Crippen molar-refractivity contribution in [3.8, 4) is 0 Å². The molecule has 0 fully saturated rings. The van der Waals surface area contributed by atoms with E-state index in [0.29, 0.717) is 12.2 Å². The van der Waals surface area contributed by atoms with Crippen molar-refractivity contribution in [1.29, 1.82) is 0 Å². The van der Waals surface area contributed by atoms with Crippen molar-refractivity contribution in [1.82, 2.24) is 5.32 Å². The first-order valence-electron chi connectivity index (χ1n) is 7.17. The summed E-state index contributed by atoms with van der Waals surface area (Å²) in [5, 5.41) is 14.1. The summed E-state index contributed by atoms with van der Waals surface area (Å²) in [7, 11) is 0. The molecule has 1 aromatic carbocycles. The van der Waals surface area contributed by atoms with Gasteiger partial charge in [-0.05, 0) is 30.2 Å². The molecule has 0 spiro atoms.